The number of guanidine groups is 1. The molecule has 7 nitrogen and oxygen atoms in total. The third-order valence-electron chi connectivity index (χ3n) is 6.70. The van der Waals surface area contributed by atoms with Gasteiger partial charge in [0.2, 0.25) is 0 Å². The standard InChI is InChI=1S/C26H39N7.HI/c1-4-27-26(30-24-17-21(2)33(20-24)19-22-9-6-5-7-10-22)29-18-23-11-8-12-28-25(23)32-15-13-31(3)14-16-32;/h5-12,21,24H,4,13-20H2,1-3H3,(H2,27,29,30);1H. The van der Waals surface area contributed by atoms with E-state index in [0.29, 0.717) is 18.6 Å². The van der Waals surface area contributed by atoms with Crippen LogP contribution in [0.3, 0.4) is 0 Å². The van der Waals surface area contributed by atoms with E-state index in [2.05, 4.69) is 82.6 Å². The highest BCUT2D eigenvalue weighted by molar-refractivity contribution is 14.0. The minimum atomic E-state index is 0. The molecular formula is C26H40IN7. The lowest BCUT2D eigenvalue weighted by Gasteiger charge is -2.34. The van der Waals surface area contributed by atoms with Crippen molar-refractivity contribution in [1.29, 1.82) is 0 Å². The molecule has 0 saturated carbocycles. The number of halogens is 1. The summed E-state index contributed by atoms with van der Waals surface area (Å²) in [7, 11) is 2.18. The lowest BCUT2D eigenvalue weighted by atomic mass is 10.2. The molecule has 2 saturated heterocycles. The fourth-order valence-electron chi connectivity index (χ4n) is 4.78. The summed E-state index contributed by atoms with van der Waals surface area (Å²) >= 11 is 0. The highest BCUT2D eigenvalue weighted by atomic mass is 127. The fourth-order valence-corrected chi connectivity index (χ4v) is 4.78. The fraction of sp³-hybridized carbons (Fsp3) is 0.538. The highest BCUT2D eigenvalue weighted by Crippen LogP contribution is 2.21. The second-order valence-corrected chi connectivity index (χ2v) is 9.31. The number of rotatable bonds is 7. The minimum Gasteiger partial charge on any atom is -0.357 e. The van der Waals surface area contributed by atoms with Crippen LogP contribution >= 0.6 is 24.0 Å². The molecule has 2 aliphatic rings. The van der Waals surface area contributed by atoms with E-state index in [9.17, 15) is 0 Å². The van der Waals surface area contributed by atoms with Gasteiger partial charge in [0, 0.05) is 69.7 Å². The Morgan fingerprint density at radius 2 is 1.85 bits per heavy atom. The molecule has 2 aromatic rings. The molecule has 2 unspecified atom stereocenters. The summed E-state index contributed by atoms with van der Waals surface area (Å²) < 4.78 is 0. The molecule has 0 spiro atoms. The average Bonchev–Trinajstić information content (AvgIpc) is 3.17. The number of likely N-dealkylation sites (N-methyl/N-ethyl adjacent to an activating group) is 1. The third kappa shape index (κ3) is 7.29. The van der Waals surface area contributed by atoms with Gasteiger partial charge in [-0.2, -0.15) is 0 Å². The van der Waals surface area contributed by atoms with Crippen LogP contribution in [0.5, 0.6) is 0 Å². The van der Waals surface area contributed by atoms with E-state index < -0.39 is 0 Å². The molecule has 0 radical (unpaired) electrons. The number of pyridine rings is 1. The zero-order valence-electron chi connectivity index (χ0n) is 20.8. The van der Waals surface area contributed by atoms with E-state index in [-0.39, 0.29) is 24.0 Å². The van der Waals surface area contributed by atoms with Crippen LogP contribution in [0.2, 0.25) is 0 Å². The first-order chi connectivity index (χ1) is 16.1. The van der Waals surface area contributed by atoms with Crippen LogP contribution in [0.15, 0.2) is 53.7 Å². The first-order valence-corrected chi connectivity index (χ1v) is 12.3. The molecule has 1 aromatic heterocycles. The number of hydrogen-bond donors (Lipinski definition) is 2. The molecule has 8 heteroatoms. The van der Waals surface area contributed by atoms with Gasteiger partial charge < -0.3 is 20.4 Å². The molecule has 2 aliphatic heterocycles. The van der Waals surface area contributed by atoms with Crippen molar-refractivity contribution < 1.29 is 0 Å². The molecule has 4 rings (SSSR count). The SMILES string of the molecule is CCNC(=NCc1cccnc1N1CCN(C)CC1)NC1CC(C)N(Cc2ccccc2)C1.I. The van der Waals surface area contributed by atoms with E-state index in [1.54, 1.807) is 0 Å². The Morgan fingerprint density at radius 3 is 2.59 bits per heavy atom. The van der Waals surface area contributed by atoms with E-state index in [0.717, 1.165) is 64.0 Å². The zero-order chi connectivity index (χ0) is 23.0. The molecular weight excluding hydrogens is 537 g/mol. The van der Waals surface area contributed by atoms with E-state index in [4.69, 9.17) is 9.98 Å². The molecule has 2 N–H and O–H groups in total. The maximum Gasteiger partial charge on any atom is 0.191 e. The molecule has 186 valence electrons. The first kappa shape index (κ1) is 26.7. The van der Waals surface area contributed by atoms with Gasteiger partial charge in [-0.1, -0.05) is 36.4 Å². The Labute approximate surface area is 222 Å². The van der Waals surface area contributed by atoms with Crippen LogP contribution in [0.4, 0.5) is 5.82 Å². The number of nitrogens with zero attached hydrogens (tertiary/aromatic N) is 5. The number of aromatic nitrogens is 1. The van der Waals surface area contributed by atoms with Crippen molar-refractivity contribution in [3.63, 3.8) is 0 Å². The second kappa shape index (κ2) is 13.3. The van der Waals surface area contributed by atoms with Crippen LogP contribution in [0.1, 0.15) is 31.4 Å². The predicted octanol–water partition coefficient (Wildman–Crippen LogP) is 3.17. The van der Waals surface area contributed by atoms with Gasteiger partial charge in [0.15, 0.2) is 5.96 Å². The summed E-state index contributed by atoms with van der Waals surface area (Å²) in [6.45, 7) is 12.1. The highest BCUT2D eigenvalue weighted by Gasteiger charge is 2.29. The molecule has 3 heterocycles. The minimum absolute atomic E-state index is 0. The summed E-state index contributed by atoms with van der Waals surface area (Å²) in [4.78, 5) is 17.0. The molecule has 2 fully saturated rings. The lowest BCUT2D eigenvalue weighted by Crippen LogP contribution is -2.45. The largest absolute Gasteiger partial charge is 0.357 e. The molecule has 0 amide bonds. The van der Waals surface area contributed by atoms with Gasteiger partial charge in [0.05, 0.1) is 6.54 Å². The Hall–Kier alpha value is -1.91. The smallest absolute Gasteiger partial charge is 0.191 e. The van der Waals surface area contributed by atoms with Crippen molar-refractivity contribution in [2.75, 3.05) is 51.2 Å². The average molecular weight is 578 g/mol. The lowest BCUT2D eigenvalue weighted by molar-refractivity contribution is 0.258. The number of aliphatic imine (C=N–C) groups is 1. The zero-order valence-corrected chi connectivity index (χ0v) is 23.1. The van der Waals surface area contributed by atoms with Gasteiger partial charge in [-0.15, -0.1) is 24.0 Å². The van der Waals surface area contributed by atoms with Gasteiger partial charge >= 0.3 is 0 Å². The normalized spacial score (nSPS) is 21.9. The Morgan fingerprint density at radius 1 is 1.09 bits per heavy atom. The summed E-state index contributed by atoms with van der Waals surface area (Å²) in [5.74, 6) is 1.97. The van der Waals surface area contributed by atoms with E-state index >= 15 is 0 Å². The predicted molar refractivity (Wildman–Crippen MR) is 152 cm³/mol. The molecule has 1 aromatic carbocycles. The Balaban J connectivity index is 0.00000324. The molecule has 0 bridgehead atoms. The Bertz CT molecular complexity index is 899. The van der Waals surface area contributed by atoms with Crippen LogP contribution in [-0.2, 0) is 13.1 Å². The van der Waals surface area contributed by atoms with E-state index in [1.165, 1.54) is 11.1 Å². The quantitative estimate of drug-likeness (QED) is 0.300. The van der Waals surface area contributed by atoms with Crippen molar-refractivity contribution in [1.82, 2.24) is 25.4 Å². The van der Waals surface area contributed by atoms with Gasteiger partial charge in [-0.25, -0.2) is 9.98 Å². The van der Waals surface area contributed by atoms with Crippen molar-refractivity contribution >= 4 is 35.8 Å². The summed E-state index contributed by atoms with van der Waals surface area (Å²) in [6.07, 6.45) is 3.02. The Kier molecular flexibility index (Phi) is 10.4. The number of nitrogens with one attached hydrogen (secondary N) is 2. The summed E-state index contributed by atoms with van der Waals surface area (Å²) in [5, 5.41) is 7.14. The summed E-state index contributed by atoms with van der Waals surface area (Å²) in [6, 6.07) is 15.9. The monoisotopic (exact) mass is 577 g/mol. The molecule has 34 heavy (non-hydrogen) atoms. The number of likely N-dealkylation sites (tertiary alicyclic amines) is 1. The first-order valence-electron chi connectivity index (χ1n) is 12.3. The van der Waals surface area contributed by atoms with Gasteiger partial charge in [-0.3, -0.25) is 4.90 Å². The van der Waals surface area contributed by atoms with Gasteiger partial charge in [0.25, 0.3) is 0 Å². The van der Waals surface area contributed by atoms with Crippen molar-refractivity contribution in [3.8, 4) is 0 Å². The van der Waals surface area contributed by atoms with Crippen molar-refractivity contribution in [2.24, 2.45) is 4.99 Å². The van der Waals surface area contributed by atoms with Gasteiger partial charge in [-0.05, 0) is 38.9 Å². The van der Waals surface area contributed by atoms with Crippen LogP contribution in [0.25, 0.3) is 0 Å². The molecule has 0 aliphatic carbocycles. The number of anilines is 1. The second-order valence-electron chi connectivity index (χ2n) is 9.31. The van der Waals surface area contributed by atoms with Crippen molar-refractivity contribution in [2.45, 2.75) is 45.4 Å². The number of piperazine rings is 1. The van der Waals surface area contributed by atoms with Crippen LogP contribution in [0, 0.1) is 0 Å². The molecule has 2 atom stereocenters. The van der Waals surface area contributed by atoms with Gasteiger partial charge in [0.1, 0.15) is 5.82 Å². The van der Waals surface area contributed by atoms with Crippen LogP contribution in [-0.4, -0.2) is 79.1 Å². The number of hydrogen-bond acceptors (Lipinski definition) is 5. The van der Waals surface area contributed by atoms with Crippen LogP contribution < -0.4 is 15.5 Å². The maximum absolute atomic E-state index is 4.95. The third-order valence-corrected chi connectivity index (χ3v) is 6.70. The van der Waals surface area contributed by atoms with Crippen molar-refractivity contribution in [3.05, 3.63) is 59.8 Å². The topological polar surface area (TPSA) is 59.0 Å². The number of benzene rings is 1. The summed E-state index contributed by atoms with van der Waals surface area (Å²) in [5.41, 5.74) is 2.56. The maximum atomic E-state index is 4.95. The van der Waals surface area contributed by atoms with E-state index in [1.807, 2.05) is 12.3 Å².